The van der Waals surface area contributed by atoms with E-state index in [-0.39, 0.29) is 37.7 Å². The molecule has 126 valence electrons. The third kappa shape index (κ3) is 3.39. The maximum absolute atomic E-state index is 6.21. The Morgan fingerprint density at radius 1 is 1.30 bits per heavy atom. The van der Waals surface area contributed by atoms with Crippen LogP contribution in [0.15, 0.2) is 22.1 Å². The van der Waals surface area contributed by atoms with Crippen LogP contribution in [-0.2, 0) is 11.4 Å². The number of nitrogens with zero attached hydrogens (tertiary/aromatic N) is 3. The molecule has 0 radical (unpaired) electrons. The van der Waals surface area contributed by atoms with Crippen molar-refractivity contribution in [2.75, 3.05) is 6.79 Å². The molecule has 8 nitrogen and oxygen atoms in total. The Labute approximate surface area is 144 Å². The molecule has 1 aromatic carbocycles. The normalized spacial score (nSPS) is 18.1. The van der Waals surface area contributed by atoms with Gasteiger partial charge >= 0.3 is 0 Å². The Balaban J connectivity index is 0.00000192. The first-order valence-corrected chi connectivity index (χ1v) is 6.95. The van der Waals surface area contributed by atoms with Gasteiger partial charge in [0, 0.05) is 11.6 Å². The molecule has 2 aliphatic heterocycles. The van der Waals surface area contributed by atoms with Gasteiger partial charge in [-0.25, -0.2) is 4.99 Å². The van der Waals surface area contributed by atoms with Gasteiger partial charge in [-0.15, -0.1) is 12.4 Å². The van der Waals surface area contributed by atoms with Gasteiger partial charge in [-0.05, 0) is 19.9 Å². The number of fused-ring (bicyclic) bond motifs is 1. The molecular formula is C13H17Cl2N5O3. The fourth-order valence-electron chi connectivity index (χ4n) is 2.22. The number of ether oxygens (including phenoxy) is 2. The molecule has 0 aliphatic carbocycles. The van der Waals surface area contributed by atoms with Crippen molar-refractivity contribution in [3.63, 3.8) is 0 Å². The summed E-state index contributed by atoms with van der Waals surface area (Å²) >= 11 is 6.21. The van der Waals surface area contributed by atoms with Crippen LogP contribution < -0.4 is 20.9 Å². The molecule has 0 fully saturated rings. The summed E-state index contributed by atoms with van der Waals surface area (Å²) in [6, 6.07) is 3.46. The lowest BCUT2D eigenvalue weighted by atomic mass is 10.2. The van der Waals surface area contributed by atoms with Crippen LogP contribution in [0.3, 0.4) is 0 Å². The van der Waals surface area contributed by atoms with Crippen LogP contribution in [0, 0.1) is 0 Å². The van der Waals surface area contributed by atoms with Gasteiger partial charge in [-0.3, -0.25) is 4.84 Å². The van der Waals surface area contributed by atoms with Crippen molar-refractivity contribution in [3.05, 3.63) is 22.7 Å². The third-order valence-electron chi connectivity index (χ3n) is 3.21. The van der Waals surface area contributed by atoms with Crippen LogP contribution in [0.1, 0.15) is 19.4 Å². The van der Waals surface area contributed by atoms with Crippen molar-refractivity contribution in [1.82, 2.24) is 5.06 Å². The summed E-state index contributed by atoms with van der Waals surface area (Å²) in [6.07, 6.45) is 0. The predicted molar refractivity (Wildman–Crippen MR) is 88.8 cm³/mol. The summed E-state index contributed by atoms with van der Waals surface area (Å²) in [5.74, 6) is 1.49. The SMILES string of the molecule is CC1(C)N=C(N)N=C(N)N1OCc1cc2c(cc1Cl)OCO2.Cl. The van der Waals surface area contributed by atoms with Gasteiger partial charge in [0.2, 0.25) is 18.7 Å². The fourth-order valence-corrected chi connectivity index (χ4v) is 2.43. The Kier molecular flexibility index (Phi) is 4.79. The summed E-state index contributed by atoms with van der Waals surface area (Å²) in [4.78, 5) is 13.8. The maximum Gasteiger partial charge on any atom is 0.231 e. The van der Waals surface area contributed by atoms with E-state index >= 15 is 0 Å². The molecule has 4 N–H and O–H groups in total. The third-order valence-corrected chi connectivity index (χ3v) is 3.56. The average molecular weight is 362 g/mol. The number of halogens is 2. The van der Waals surface area contributed by atoms with Crippen LogP contribution in [0.5, 0.6) is 11.5 Å². The molecule has 0 saturated heterocycles. The van der Waals surface area contributed by atoms with E-state index in [4.69, 9.17) is 37.4 Å². The summed E-state index contributed by atoms with van der Waals surface area (Å²) in [5, 5.41) is 1.90. The van der Waals surface area contributed by atoms with Gasteiger partial charge < -0.3 is 20.9 Å². The van der Waals surface area contributed by atoms with Crippen LogP contribution in [-0.4, -0.2) is 29.4 Å². The lowest BCUT2D eigenvalue weighted by molar-refractivity contribution is -0.166. The first-order chi connectivity index (χ1) is 10.4. The van der Waals surface area contributed by atoms with Gasteiger partial charge in [0.1, 0.15) is 6.61 Å². The van der Waals surface area contributed by atoms with E-state index in [1.165, 1.54) is 5.06 Å². The second-order valence-electron chi connectivity index (χ2n) is 5.30. The van der Waals surface area contributed by atoms with Crippen molar-refractivity contribution in [2.24, 2.45) is 21.5 Å². The maximum atomic E-state index is 6.21. The molecule has 23 heavy (non-hydrogen) atoms. The standard InChI is InChI=1S/C13H16ClN5O3.ClH/c1-13(2)18-11(15)17-12(16)19(13)22-5-7-3-9-10(4-8(7)14)21-6-20-9;/h3-4H,5-6H2,1-2H3,(H4,15,16,17,18);1H. The van der Waals surface area contributed by atoms with E-state index < -0.39 is 5.66 Å². The summed E-state index contributed by atoms with van der Waals surface area (Å²) in [6.45, 7) is 3.97. The smallest absolute Gasteiger partial charge is 0.231 e. The van der Waals surface area contributed by atoms with Gasteiger partial charge in [0.05, 0.1) is 5.02 Å². The lowest BCUT2D eigenvalue weighted by Crippen LogP contribution is -2.53. The van der Waals surface area contributed by atoms with Gasteiger partial charge in [0.25, 0.3) is 0 Å². The predicted octanol–water partition coefficient (Wildman–Crippen LogP) is 1.60. The topological polar surface area (TPSA) is 108 Å². The first kappa shape index (κ1) is 17.5. The number of nitrogens with two attached hydrogens (primary N) is 2. The highest BCUT2D eigenvalue weighted by Crippen LogP contribution is 2.37. The molecule has 0 unspecified atom stereocenters. The van der Waals surface area contributed by atoms with Crippen molar-refractivity contribution in [2.45, 2.75) is 26.1 Å². The highest BCUT2D eigenvalue weighted by atomic mass is 35.5. The molecule has 1 aromatic rings. The van der Waals surface area contributed by atoms with E-state index in [2.05, 4.69) is 9.98 Å². The second-order valence-corrected chi connectivity index (χ2v) is 5.71. The number of guanidine groups is 2. The molecule has 2 heterocycles. The van der Waals surface area contributed by atoms with E-state index in [0.717, 1.165) is 5.56 Å². The van der Waals surface area contributed by atoms with Crippen molar-refractivity contribution in [3.8, 4) is 11.5 Å². The lowest BCUT2D eigenvalue weighted by Gasteiger charge is -2.36. The highest BCUT2D eigenvalue weighted by Gasteiger charge is 2.33. The van der Waals surface area contributed by atoms with Crippen molar-refractivity contribution < 1.29 is 14.3 Å². The molecular weight excluding hydrogens is 345 g/mol. The number of benzene rings is 1. The number of hydroxylamine groups is 2. The molecule has 0 aromatic heterocycles. The first-order valence-electron chi connectivity index (χ1n) is 6.57. The Morgan fingerprint density at radius 2 is 1.96 bits per heavy atom. The van der Waals surface area contributed by atoms with Crippen LogP contribution >= 0.6 is 24.0 Å². The quantitative estimate of drug-likeness (QED) is 0.846. The van der Waals surface area contributed by atoms with Gasteiger partial charge in [0.15, 0.2) is 17.2 Å². The zero-order chi connectivity index (χ0) is 15.9. The minimum Gasteiger partial charge on any atom is -0.454 e. The van der Waals surface area contributed by atoms with E-state index in [9.17, 15) is 0 Å². The fraction of sp³-hybridized carbons (Fsp3) is 0.385. The molecule has 0 atom stereocenters. The zero-order valence-corrected chi connectivity index (χ0v) is 14.1. The summed E-state index contributed by atoms with van der Waals surface area (Å²) < 4.78 is 10.6. The highest BCUT2D eigenvalue weighted by molar-refractivity contribution is 6.31. The Bertz CT molecular complexity index is 678. The van der Waals surface area contributed by atoms with E-state index in [0.29, 0.717) is 16.5 Å². The average Bonchev–Trinajstić information content (AvgIpc) is 2.83. The molecule has 0 spiro atoms. The van der Waals surface area contributed by atoms with Crippen molar-refractivity contribution >= 4 is 35.9 Å². The second kappa shape index (κ2) is 6.31. The largest absolute Gasteiger partial charge is 0.454 e. The zero-order valence-electron chi connectivity index (χ0n) is 12.6. The molecule has 0 bridgehead atoms. The number of rotatable bonds is 3. The van der Waals surface area contributed by atoms with Gasteiger partial charge in [-0.2, -0.15) is 10.1 Å². The molecule has 2 aliphatic rings. The van der Waals surface area contributed by atoms with Crippen molar-refractivity contribution in [1.29, 1.82) is 0 Å². The Hall–Kier alpha value is -1.90. The molecule has 3 rings (SSSR count). The van der Waals surface area contributed by atoms with Gasteiger partial charge in [-0.1, -0.05) is 11.6 Å². The van der Waals surface area contributed by atoms with E-state index in [1.54, 1.807) is 12.1 Å². The Morgan fingerprint density at radius 3 is 2.61 bits per heavy atom. The number of aliphatic imine (C=N–C) groups is 2. The minimum absolute atomic E-state index is 0. The van der Waals surface area contributed by atoms with Crippen LogP contribution in [0.2, 0.25) is 5.02 Å². The monoisotopic (exact) mass is 361 g/mol. The van der Waals surface area contributed by atoms with E-state index in [1.807, 2.05) is 13.8 Å². The molecule has 10 heteroatoms. The summed E-state index contributed by atoms with van der Waals surface area (Å²) in [5.41, 5.74) is 11.4. The summed E-state index contributed by atoms with van der Waals surface area (Å²) in [7, 11) is 0. The minimum atomic E-state index is -0.765. The van der Waals surface area contributed by atoms with Crippen LogP contribution in [0.4, 0.5) is 0 Å². The molecule has 0 saturated carbocycles. The number of hydrogen-bond donors (Lipinski definition) is 2. The number of hydrogen-bond acceptors (Lipinski definition) is 8. The van der Waals surface area contributed by atoms with Crippen LogP contribution in [0.25, 0.3) is 0 Å². The molecule has 0 amide bonds.